The zero-order valence-corrected chi connectivity index (χ0v) is 20.5. The van der Waals surface area contributed by atoms with Gasteiger partial charge in [0.05, 0.1) is 11.6 Å². The number of unbranched alkanes of at least 4 members (excludes halogenated alkanes) is 1. The summed E-state index contributed by atoms with van der Waals surface area (Å²) < 4.78 is 39.2. The minimum Gasteiger partial charge on any atom is -0.378 e. The van der Waals surface area contributed by atoms with Crippen LogP contribution in [0.25, 0.3) is 0 Å². The summed E-state index contributed by atoms with van der Waals surface area (Å²) in [5, 5.41) is 6.58. The Morgan fingerprint density at radius 1 is 1.03 bits per heavy atom. The van der Waals surface area contributed by atoms with Crippen LogP contribution in [0.4, 0.5) is 13.2 Å². The normalized spacial score (nSPS) is 18.5. The SMILES string of the molecule is CCCCc1ccccc1C(C)NC.FC(F)(F)c1ccccc1C1C=CC2=C(CCCC2)N1. The van der Waals surface area contributed by atoms with Crippen LogP contribution in [-0.2, 0) is 12.6 Å². The maximum atomic E-state index is 13.1. The Labute approximate surface area is 202 Å². The summed E-state index contributed by atoms with van der Waals surface area (Å²) >= 11 is 0. The molecule has 0 fully saturated rings. The summed E-state index contributed by atoms with van der Waals surface area (Å²) in [6.45, 7) is 4.45. The van der Waals surface area contributed by atoms with Crippen LogP contribution in [0.15, 0.2) is 72.0 Å². The summed E-state index contributed by atoms with van der Waals surface area (Å²) in [4.78, 5) is 0. The molecule has 2 aromatic carbocycles. The Morgan fingerprint density at radius 2 is 1.74 bits per heavy atom. The summed E-state index contributed by atoms with van der Waals surface area (Å²) in [5.74, 6) is 0. The van der Waals surface area contributed by atoms with E-state index in [1.165, 1.54) is 42.0 Å². The van der Waals surface area contributed by atoms with Crippen LogP contribution < -0.4 is 10.6 Å². The second-order valence-electron chi connectivity index (χ2n) is 9.09. The molecule has 1 aliphatic carbocycles. The van der Waals surface area contributed by atoms with Crippen LogP contribution in [0.2, 0.25) is 0 Å². The highest BCUT2D eigenvalue weighted by atomic mass is 19.4. The number of nitrogens with one attached hydrogen (secondary N) is 2. The fourth-order valence-corrected chi connectivity index (χ4v) is 4.64. The third-order valence-corrected chi connectivity index (χ3v) is 6.69. The predicted octanol–water partition coefficient (Wildman–Crippen LogP) is 8.04. The molecule has 4 rings (SSSR count). The van der Waals surface area contributed by atoms with E-state index in [1.54, 1.807) is 12.1 Å². The van der Waals surface area contributed by atoms with Gasteiger partial charge >= 0.3 is 6.18 Å². The molecule has 0 bridgehead atoms. The second-order valence-corrected chi connectivity index (χ2v) is 9.09. The van der Waals surface area contributed by atoms with Gasteiger partial charge in [0.1, 0.15) is 0 Å². The van der Waals surface area contributed by atoms with Crippen LogP contribution in [0.1, 0.15) is 86.7 Å². The van der Waals surface area contributed by atoms with Crippen molar-refractivity contribution in [3.63, 3.8) is 0 Å². The van der Waals surface area contributed by atoms with Crippen LogP contribution in [0, 0.1) is 0 Å². The second kappa shape index (κ2) is 12.3. The lowest BCUT2D eigenvalue weighted by Crippen LogP contribution is -2.26. The largest absolute Gasteiger partial charge is 0.416 e. The molecule has 2 unspecified atom stereocenters. The van der Waals surface area contributed by atoms with Gasteiger partial charge in [0, 0.05) is 11.7 Å². The van der Waals surface area contributed by atoms with Crippen LogP contribution in [-0.4, -0.2) is 7.05 Å². The van der Waals surface area contributed by atoms with Gasteiger partial charge in [0.15, 0.2) is 0 Å². The van der Waals surface area contributed by atoms with Gasteiger partial charge in [-0.2, -0.15) is 13.2 Å². The first-order valence-electron chi connectivity index (χ1n) is 12.4. The van der Waals surface area contributed by atoms with E-state index in [9.17, 15) is 13.2 Å². The number of hydrogen-bond acceptors (Lipinski definition) is 2. The van der Waals surface area contributed by atoms with Gasteiger partial charge in [-0.25, -0.2) is 0 Å². The van der Waals surface area contributed by atoms with Crippen LogP contribution in [0.3, 0.4) is 0 Å². The Hall–Kier alpha value is -2.53. The molecule has 0 spiro atoms. The highest BCUT2D eigenvalue weighted by molar-refractivity contribution is 5.40. The Bertz CT molecular complexity index is 991. The number of dihydropyridines is 1. The molecule has 2 atom stereocenters. The lowest BCUT2D eigenvalue weighted by Gasteiger charge is -2.29. The highest BCUT2D eigenvalue weighted by Gasteiger charge is 2.35. The molecule has 0 radical (unpaired) electrons. The van der Waals surface area contributed by atoms with E-state index in [-0.39, 0.29) is 6.04 Å². The van der Waals surface area contributed by atoms with E-state index in [4.69, 9.17) is 0 Å². The molecule has 0 saturated carbocycles. The van der Waals surface area contributed by atoms with Gasteiger partial charge in [0.25, 0.3) is 0 Å². The Kier molecular flexibility index (Phi) is 9.40. The lowest BCUT2D eigenvalue weighted by atomic mass is 9.90. The standard InChI is InChI=1S/C16H16F3N.C13H21N/c17-16(18,19)13-7-3-2-6-12(13)15-10-9-11-5-1-4-8-14(11)20-15;1-4-5-8-12-9-6-7-10-13(12)11(2)14-3/h2-3,6-7,9-10,15,20H,1,4-5,8H2;6-7,9-11,14H,4-5,8H2,1-3H3. The molecular formula is C29H37F3N2. The molecule has 1 aliphatic heterocycles. The van der Waals surface area contributed by atoms with E-state index in [1.807, 2.05) is 19.2 Å². The van der Waals surface area contributed by atoms with Crippen LogP contribution in [0.5, 0.6) is 0 Å². The van der Waals surface area contributed by atoms with Crippen molar-refractivity contribution in [3.8, 4) is 0 Å². The molecule has 5 heteroatoms. The van der Waals surface area contributed by atoms with Crippen molar-refractivity contribution in [1.29, 1.82) is 0 Å². The van der Waals surface area contributed by atoms with Crippen molar-refractivity contribution in [1.82, 2.24) is 10.6 Å². The fourth-order valence-electron chi connectivity index (χ4n) is 4.64. The lowest BCUT2D eigenvalue weighted by molar-refractivity contribution is -0.138. The number of halogens is 3. The van der Waals surface area contributed by atoms with Crippen molar-refractivity contribution in [2.45, 2.75) is 77.1 Å². The number of hydrogen-bond donors (Lipinski definition) is 2. The van der Waals surface area contributed by atoms with Crippen LogP contribution >= 0.6 is 0 Å². The van der Waals surface area contributed by atoms with Gasteiger partial charge in [-0.05, 0) is 80.8 Å². The number of alkyl halides is 3. The fraction of sp³-hybridized carbons (Fsp3) is 0.448. The summed E-state index contributed by atoms with van der Waals surface area (Å²) in [6, 6.07) is 14.6. The van der Waals surface area contributed by atoms with Gasteiger partial charge in [-0.3, -0.25) is 0 Å². The molecule has 2 aromatic rings. The van der Waals surface area contributed by atoms with Crippen molar-refractivity contribution in [3.05, 3.63) is 94.2 Å². The van der Waals surface area contributed by atoms with Gasteiger partial charge < -0.3 is 10.6 Å². The first kappa shape index (κ1) is 26.1. The van der Waals surface area contributed by atoms with E-state index in [0.717, 1.165) is 37.4 Å². The smallest absolute Gasteiger partial charge is 0.378 e. The average Bonchev–Trinajstić information content (AvgIpc) is 2.86. The molecule has 2 nitrogen and oxygen atoms in total. The maximum Gasteiger partial charge on any atom is 0.416 e. The summed E-state index contributed by atoms with van der Waals surface area (Å²) in [5.41, 5.74) is 5.05. The highest BCUT2D eigenvalue weighted by Crippen LogP contribution is 2.37. The van der Waals surface area contributed by atoms with E-state index < -0.39 is 11.7 Å². The zero-order valence-electron chi connectivity index (χ0n) is 20.5. The monoisotopic (exact) mass is 470 g/mol. The van der Waals surface area contributed by atoms with Crippen molar-refractivity contribution in [2.24, 2.45) is 0 Å². The maximum absolute atomic E-state index is 13.1. The Balaban J connectivity index is 0.000000204. The topological polar surface area (TPSA) is 24.1 Å². The predicted molar refractivity (Wildman–Crippen MR) is 134 cm³/mol. The van der Waals surface area contributed by atoms with Gasteiger partial charge in [-0.15, -0.1) is 0 Å². The molecule has 2 N–H and O–H groups in total. The van der Waals surface area contributed by atoms with Gasteiger partial charge in [0.2, 0.25) is 0 Å². The summed E-state index contributed by atoms with van der Waals surface area (Å²) in [6.07, 6.45) is 7.50. The number of allylic oxidation sites excluding steroid dienone is 3. The molecule has 2 aliphatic rings. The molecule has 0 aromatic heterocycles. The Morgan fingerprint density at radius 3 is 2.47 bits per heavy atom. The first-order valence-corrected chi connectivity index (χ1v) is 12.4. The molecular weight excluding hydrogens is 433 g/mol. The van der Waals surface area contributed by atoms with E-state index in [0.29, 0.717) is 11.6 Å². The molecule has 0 amide bonds. The summed E-state index contributed by atoms with van der Waals surface area (Å²) in [7, 11) is 2.02. The number of aryl methyl sites for hydroxylation is 1. The minimum atomic E-state index is -4.31. The van der Waals surface area contributed by atoms with Crippen molar-refractivity contribution in [2.75, 3.05) is 7.05 Å². The third-order valence-electron chi connectivity index (χ3n) is 6.69. The third kappa shape index (κ3) is 6.75. The number of rotatable bonds is 6. The quantitative estimate of drug-likeness (QED) is 0.446. The van der Waals surface area contributed by atoms with Crippen molar-refractivity contribution < 1.29 is 13.2 Å². The molecule has 1 heterocycles. The average molecular weight is 471 g/mol. The first-order chi connectivity index (χ1) is 16.3. The van der Waals surface area contributed by atoms with E-state index in [2.05, 4.69) is 48.7 Å². The number of benzene rings is 2. The molecule has 34 heavy (non-hydrogen) atoms. The van der Waals surface area contributed by atoms with Crippen molar-refractivity contribution >= 4 is 0 Å². The van der Waals surface area contributed by atoms with E-state index >= 15 is 0 Å². The molecule has 0 saturated heterocycles. The minimum absolute atomic E-state index is 0.299. The molecule has 184 valence electrons. The zero-order chi connectivity index (χ0) is 24.6. The van der Waals surface area contributed by atoms with Gasteiger partial charge in [-0.1, -0.05) is 68.0 Å².